The van der Waals surface area contributed by atoms with Gasteiger partial charge >= 0.3 is 5.69 Å². The van der Waals surface area contributed by atoms with Gasteiger partial charge in [-0.25, -0.2) is 4.79 Å². The SMILES string of the molecule is C=C(C(=O)N1C2CCC1CC2)c1cc2c(CN3CCN(Cc4cc(=O)[nH]c(=O)[nH]4)CC3)c(-c3cc(C)cc(C)c3)[nH]c2s1. The number of carbonyl (C=O) groups excluding carboxylic acids is 1. The highest BCUT2D eigenvalue weighted by Crippen LogP contribution is 2.42. The van der Waals surface area contributed by atoms with E-state index in [2.05, 4.69) is 74.3 Å². The first-order valence-electron chi connectivity index (χ1n) is 15.2. The standard InChI is InChI=1S/C33H38N6O3S/c1-19-12-20(2)14-22(13-19)30-27(18-38-10-8-37(9-11-38)17-23-15-29(40)35-33(42)34-23)26-16-28(43-31(26)36-30)21(3)32(41)39-24-4-5-25(39)7-6-24/h12-16,24-25,36H,3-11,17-18H2,1-2H3,(H2,34,35,40,42). The third kappa shape index (κ3) is 5.43. The highest BCUT2D eigenvalue weighted by atomic mass is 32.1. The van der Waals surface area contributed by atoms with Crippen LogP contribution in [-0.2, 0) is 17.9 Å². The summed E-state index contributed by atoms with van der Waals surface area (Å²) in [4.78, 5) is 54.5. The maximum atomic E-state index is 13.5. The van der Waals surface area contributed by atoms with E-state index in [4.69, 9.17) is 0 Å². The average Bonchev–Trinajstić information content (AvgIpc) is 3.73. The summed E-state index contributed by atoms with van der Waals surface area (Å²) in [5.74, 6) is 0.0999. The minimum Gasteiger partial charge on any atom is -0.346 e. The van der Waals surface area contributed by atoms with Crippen LogP contribution in [0.2, 0.25) is 0 Å². The van der Waals surface area contributed by atoms with E-state index in [0.29, 0.717) is 29.9 Å². The van der Waals surface area contributed by atoms with Crippen molar-refractivity contribution in [3.63, 3.8) is 0 Å². The summed E-state index contributed by atoms with van der Waals surface area (Å²) in [5, 5.41) is 1.16. The molecule has 43 heavy (non-hydrogen) atoms. The second-order valence-electron chi connectivity index (χ2n) is 12.5. The summed E-state index contributed by atoms with van der Waals surface area (Å²) >= 11 is 1.63. The summed E-state index contributed by atoms with van der Waals surface area (Å²) < 4.78 is 0. The lowest BCUT2D eigenvalue weighted by molar-refractivity contribution is -0.126. The Bertz CT molecular complexity index is 1770. The molecule has 3 aromatic heterocycles. The van der Waals surface area contributed by atoms with Crippen molar-refractivity contribution in [1.82, 2.24) is 29.7 Å². The summed E-state index contributed by atoms with van der Waals surface area (Å²) in [6, 6.07) is 11.1. The van der Waals surface area contributed by atoms with Gasteiger partial charge in [-0.1, -0.05) is 23.8 Å². The summed E-state index contributed by atoms with van der Waals surface area (Å²) in [7, 11) is 0. The van der Waals surface area contributed by atoms with Crippen molar-refractivity contribution >= 4 is 33.0 Å². The number of carbonyl (C=O) groups is 1. The number of aromatic amines is 3. The van der Waals surface area contributed by atoms with Gasteiger partial charge in [0.25, 0.3) is 11.5 Å². The number of nitrogens with one attached hydrogen (secondary N) is 3. The molecule has 3 saturated heterocycles. The fourth-order valence-electron chi connectivity index (χ4n) is 7.39. The van der Waals surface area contributed by atoms with Gasteiger partial charge < -0.3 is 14.9 Å². The second kappa shape index (κ2) is 11.1. The van der Waals surface area contributed by atoms with Crippen LogP contribution in [0.25, 0.3) is 27.0 Å². The molecule has 10 heteroatoms. The fourth-order valence-corrected chi connectivity index (χ4v) is 8.44. The molecule has 0 saturated carbocycles. The van der Waals surface area contributed by atoms with Crippen LogP contribution in [0.15, 0.2) is 46.5 Å². The van der Waals surface area contributed by atoms with Crippen LogP contribution in [0.4, 0.5) is 0 Å². The van der Waals surface area contributed by atoms with Crippen LogP contribution in [0.1, 0.15) is 52.9 Å². The topological polar surface area (TPSA) is 108 Å². The quantitative estimate of drug-likeness (QED) is 0.274. The van der Waals surface area contributed by atoms with Crippen LogP contribution in [0.5, 0.6) is 0 Å². The Balaban J connectivity index is 1.15. The molecule has 3 fully saturated rings. The Hall–Kier alpha value is -3.73. The predicted molar refractivity (Wildman–Crippen MR) is 171 cm³/mol. The van der Waals surface area contributed by atoms with Crippen LogP contribution in [0, 0.1) is 13.8 Å². The first-order valence-corrected chi connectivity index (χ1v) is 16.1. The van der Waals surface area contributed by atoms with Gasteiger partial charge in [-0.05, 0) is 63.3 Å². The number of fused-ring (bicyclic) bond motifs is 3. The van der Waals surface area contributed by atoms with Crippen molar-refractivity contribution in [2.45, 2.75) is 64.7 Å². The molecule has 4 aromatic rings. The zero-order valence-corrected chi connectivity index (χ0v) is 25.6. The maximum absolute atomic E-state index is 13.5. The molecule has 0 unspecified atom stereocenters. The molecule has 0 radical (unpaired) electrons. The Kier molecular flexibility index (Phi) is 7.23. The molecule has 6 heterocycles. The molecule has 1 aromatic carbocycles. The Morgan fingerprint density at radius 2 is 1.49 bits per heavy atom. The van der Waals surface area contributed by atoms with Gasteiger partial charge in [0.05, 0.1) is 5.69 Å². The van der Waals surface area contributed by atoms with E-state index < -0.39 is 5.69 Å². The van der Waals surface area contributed by atoms with Crippen LogP contribution < -0.4 is 11.2 Å². The van der Waals surface area contributed by atoms with Gasteiger partial charge in [0.2, 0.25) is 0 Å². The molecule has 2 bridgehead atoms. The van der Waals surface area contributed by atoms with E-state index in [1.54, 1.807) is 11.3 Å². The van der Waals surface area contributed by atoms with E-state index in [9.17, 15) is 14.4 Å². The van der Waals surface area contributed by atoms with E-state index in [1.165, 1.54) is 28.3 Å². The molecule has 0 aliphatic carbocycles. The van der Waals surface area contributed by atoms with Crippen molar-refractivity contribution in [1.29, 1.82) is 0 Å². The van der Waals surface area contributed by atoms with E-state index >= 15 is 0 Å². The number of amides is 1. The smallest absolute Gasteiger partial charge is 0.325 e. The lowest BCUT2D eigenvalue weighted by Gasteiger charge is -2.34. The molecule has 224 valence electrons. The molecule has 9 nitrogen and oxygen atoms in total. The van der Waals surface area contributed by atoms with E-state index in [-0.39, 0.29) is 11.5 Å². The number of piperazine rings is 1. The van der Waals surface area contributed by atoms with Gasteiger partial charge in [-0.3, -0.25) is 24.4 Å². The summed E-state index contributed by atoms with van der Waals surface area (Å²) in [6.45, 7) is 13.3. The summed E-state index contributed by atoms with van der Waals surface area (Å²) in [6.07, 6.45) is 4.47. The fraction of sp³-hybridized carbons (Fsp3) is 0.424. The molecule has 7 rings (SSSR count). The Labute approximate surface area is 254 Å². The number of hydrogen-bond donors (Lipinski definition) is 3. The molecule has 3 aliphatic heterocycles. The van der Waals surface area contributed by atoms with Gasteiger partial charge in [-0.15, -0.1) is 11.3 Å². The summed E-state index contributed by atoms with van der Waals surface area (Å²) in [5.41, 5.74) is 6.42. The number of thiophene rings is 1. The number of aryl methyl sites for hydroxylation is 2. The van der Waals surface area contributed by atoms with Gasteiger partial charge in [0.1, 0.15) is 4.83 Å². The highest BCUT2D eigenvalue weighted by Gasteiger charge is 2.43. The van der Waals surface area contributed by atoms with Crippen LogP contribution >= 0.6 is 11.3 Å². The number of benzene rings is 1. The molecule has 1 amide bonds. The number of H-pyrrole nitrogens is 3. The molecule has 3 N–H and O–H groups in total. The van der Waals surface area contributed by atoms with Crippen LogP contribution in [-0.4, -0.2) is 73.8 Å². The van der Waals surface area contributed by atoms with Gasteiger partial charge in [0, 0.05) is 84.5 Å². The van der Waals surface area contributed by atoms with Crippen molar-refractivity contribution in [2.75, 3.05) is 26.2 Å². The van der Waals surface area contributed by atoms with Crippen molar-refractivity contribution < 1.29 is 4.79 Å². The number of aromatic nitrogens is 3. The molecular weight excluding hydrogens is 560 g/mol. The Morgan fingerprint density at radius 3 is 2.12 bits per heavy atom. The normalized spacial score (nSPS) is 20.8. The average molecular weight is 599 g/mol. The highest BCUT2D eigenvalue weighted by molar-refractivity contribution is 7.20. The van der Waals surface area contributed by atoms with Crippen LogP contribution in [0.3, 0.4) is 0 Å². The molecule has 0 atom stereocenters. The zero-order chi connectivity index (χ0) is 29.8. The predicted octanol–water partition coefficient (Wildman–Crippen LogP) is 4.37. The lowest BCUT2D eigenvalue weighted by atomic mass is 10.0. The minimum atomic E-state index is -0.469. The third-order valence-corrected chi connectivity index (χ3v) is 10.5. The molecule has 3 aliphatic rings. The van der Waals surface area contributed by atoms with Gasteiger partial charge in [0.15, 0.2) is 0 Å². The number of hydrogen-bond acceptors (Lipinski definition) is 6. The van der Waals surface area contributed by atoms with Gasteiger partial charge in [-0.2, -0.15) is 0 Å². The minimum absolute atomic E-state index is 0.0999. The first-order chi connectivity index (χ1) is 20.7. The largest absolute Gasteiger partial charge is 0.346 e. The zero-order valence-electron chi connectivity index (χ0n) is 24.8. The lowest BCUT2D eigenvalue weighted by Crippen LogP contribution is -2.45. The Morgan fingerprint density at radius 1 is 0.860 bits per heavy atom. The number of rotatable bonds is 7. The van der Waals surface area contributed by atoms with E-state index in [1.807, 2.05) is 0 Å². The molecule has 0 spiro atoms. The first kappa shape index (κ1) is 28.1. The van der Waals surface area contributed by atoms with Crippen molar-refractivity contribution in [3.8, 4) is 11.3 Å². The molecular formula is C33H38N6O3S. The second-order valence-corrected chi connectivity index (χ2v) is 13.6. The maximum Gasteiger partial charge on any atom is 0.325 e. The number of nitrogens with zero attached hydrogens (tertiary/aromatic N) is 3. The monoisotopic (exact) mass is 598 g/mol. The van der Waals surface area contributed by atoms with Crippen molar-refractivity contribution in [3.05, 3.63) is 85.0 Å². The van der Waals surface area contributed by atoms with Crippen molar-refractivity contribution in [2.24, 2.45) is 0 Å². The third-order valence-electron chi connectivity index (χ3n) is 9.41. The van der Waals surface area contributed by atoms with E-state index in [0.717, 1.165) is 79.2 Å².